The Labute approximate surface area is 681 Å². The van der Waals surface area contributed by atoms with Crippen LogP contribution in [0, 0.1) is 48.5 Å². The van der Waals surface area contributed by atoms with E-state index in [1.165, 1.54) is 69.6 Å². The van der Waals surface area contributed by atoms with Crippen LogP contribution in [-0.4, -0.2) is 44.5 Å². The molecule has 2 unspecified atom stereocenters. The summed E-state index contributed by atoms with van der Waals surface area (Å²) in [5.74, 6) is 8.59. The molecular formula is C98H86Cl5IO5. The lowest BCUT2D eigenvalue weighted by molar-refractivity contribution is -0.116. The molecule has 5 nitrogen and oxygen atoms in total. The van der Waals surface area contributed by atoms with Crippen LogP contribution in [0.3, 0.4) is 0 Å². The van der Waals surface area contributed by atoms with Gasteiger partial charge in [-0.3, -0.25) is 4.79 Å². The first kappa shape index (κ1) is 85.0. The van der Waals surface area contributed by atoms with Crippen molar-refractivity contribution in [2.75, 3.05) is 6.61 Å². The van der Waals surface area contributed by atoms with E-state index < -0.39 is 11.7 Å². The standard InChI is InChI=1S/C19H17ClO2.C19H15Cl.C17H12ClI.C17H15ClO.C9H12O.C9H10O.C8H5Cl/c1-12-10-14-4-2-3-5-16(14)19(18(12)17(22)11-21)13-6-8-15(20)9-7-13;1-3-17-13(2)12-15-6-4-5-7-18(15)19(17)14-8-10-16(20)11-9-14;1-11-10-13-4-2-3-5-15(13)16(17(11)19)12-6-8-14(18)9-7-12;1-17(19,13-15-5-3-2-4-6-15)12-11-14-7-9-16(18)10-8-14;2*1-8(10)7-9-5-3-2-4-6-9;1-2-7-3-5-8(9)6-4-7/h2-10,17,21-22H,11H2,1H3;3-12H,1H2,2H3;2-10H,1H3;2-10,19H,13H2,1H3;2-6,8,10H,7H2,1H3;2-6H,7H2,1H3;1,3-6H/t17-;;;;;;/m1....../s1. The summed E-state index contributed by atoms with van der Waals surface area (Å²) in [6.45, 7) is 15.0. The SMILES string of the molecule is C#Cc1ccc(Cl)cc1.C=Cc1c(C)cc2ccccc2c1-c1ccc(Cl)cc1.CC(=O)Cc1ccccc1.CC(O)(C#Cc1ccc(Cl)cc1)Cc1ccccc1.CC(O)Cc1ccccc1.Cc1cc2ccccc2c(-c2ccc(Cl)cc2)c1I.Cc1cc2ccccc2c(-c2ccc(Cl)cc2)c1[C@H](O)CO. The lowest BCUT2D eigenvalue weighted by Gasteiger charge is -2.20. The molecule has 0 fully saturated rings. The van der Waals surface area contributed by atoms with Gasteiger partial charge in [-0.15, -0.1) is 6.42 Å². The normalized spacial score (nSPS) is 11.4. The summed E-state index contributed by atoms with van der Waals surface area (Å²) in [6.07, 6.45) is 7.72. The largest absolute Gasteiger partial charge is 0.393 e. The average Bonchev–Trinajstić information content (AvgIpc) is 0.778. The summed E-state index contributed by atoms with van der Waals surface area (Å²) in [7, 11) is 0. The number of aliphatic hydroxyl groups excluding tert-OH is 3. The minimum absolute atomic E-state index is 0.214. The summed E-state index contributed by atoms with van der Waals surface area (Å²) >= 11 is 31.8. The number of hydrogen-bond donors (Lipinski definition) is 4. The fourth-order valence-electron chi connectivity index (χ4n) is 12.2. The van der Waals surface area contributed by atoms with Crippen molar-refractivity contribution in [3.05, 3.63) is 394 Å². The minimum Gasteiger partial charge on any atom is -0.393 e. The highest BCUT2D eigenvalue weighted by molar-refractivity contribution is 14.1. The summed E-state index contributed by atoms with van der Waals surface area (Å²) in [6, 6.07) is 99.2. The number of carbonyl (C=O) groups is 1. The molecule has 14 rings (SSSR count). The van der Waals surface area contributed by atoms with E-state index >= 15 is 0 Å². The Morgan fingerprint density at radius 2 is 0.844 bits per heavy atom. The second-order valence-corrected chi connectivity index (χ2v) is 29.4. The minimum atomic E-state index is -1.04. The van der Waals surface area contributed by atoms with Crippen molar-refractivity contribution >= 4 is 125 Å². The molecule has 109 heavy (non-hydrogen) atoms. The summed E-state index contributed by atoms with van der Waals surface area (Å²) in [4.78, 5) is 10.6. The second kappa shape index (κ2) is 43.0. The van der Waals surface area contributed by atoms with Crippen LogP contribution < -0.4 is 0 Å². The number of hydrogen-bond acceptors (Lipinski definition) is 5. The van der Waals surface area contributed by atoms with Gasteiger partial charge < -0.3 is 20.4 Å². The number of Topliss-reactive ketones (excluding diaryl/α,β-unsaturated/α-hetero) is 1. The Bertz CT molecular complexity index is 5370. The van der Waals surface area contributed by atoms with Gasteiger partial charge in [-0.2, -0.15) is 0 Å². The van der Waals surface area contributed by atoms with E-state index in [0.717, 1.165) is 71.7 Å². The van der Waals surface area contributed by atoms with Crippen LogP contribution in [0.25, 0.3) is 71.8 Å². The highest BCUT2D eigenvalue weighted by Gasteiger charge is 2.20. The molecule has 0 radical (unpaired) electrons. The topological polar surface area (TPSA) is 98.0 Å². The van der Waals surface area contributed by atoms with Crippen molar-refractivity contribution in [3.63, 3.8) is 0 Å². The Kier molecular flexibility index (Phi) is 33.5. The molecule has 0 aliphatic carbocycles. The molecule has 11 heteroatoms. The zero-order chi connectivity index (χ0) is 78.4. The third-order valence-corrected chi connectivity index (χ3v) is 19.9. The van der Waals surface area contributed by atoms with Gasteiger partial charge in [0.15, 0.2) is 0 Å². The molecule has 4 N–H and O–H groups in total. The molecule has 0 aliphatic rings. The van der Waals surface area contributed by atoms with Crippen molar-refractivity contribution < 1.29 is 25.2 Å². The van der Waals surface area contributed by atoms with E-state index in [0.29, 0.717) is 27.9 Å². The molecule has 0 saturated heterocycles. The molecular weight excluding hydrogens is 1560 g/mol. The van der Waals surface area contributed by atoms with Gasteiger partial charge in [-0.1, -0.05) is 307 Å². The number of fused-ring (bicyclic) bond motifs is 3. The molecule has 0 aromatic heterocycles. The predicted molar refractivity (Wildman–Crippen MR) is 473 cm³/mol. The second-order valence-electron chi connectivity index (χ2n) is 26.2. The number of carbonyl (C=O) groups excluding carboxylic acids is 1. The number of aliphatic hydroxyl groups is 4. The van der Waals surface area contributed by atoms with Crippen LogP contribution in [0.4, 0.5) is 0 Å². The number of terminal acetylenes is 1. The molecule has 0 amide bonds. The zero-order valence-electron chi connectivity index (χ0n) is 61.7. The van der Waals surface area contributed by atoms with Crippen molar-refractivity contribution in [3.8, 4) is 57.6 Å². The number of ketones is 1. The molecule has 0 bridgehead atoms. The number of halogens is 6. The van der Waals surface area contributed by atoms with E-state index in [2.05, 4.69) is 152 Å². The van der Waals surface area contributed by atoms with Crippen LogP contribution in [0.2, 0.25) is 25.1 Å². The molecule has 550 valence electrons. The molecule has 0 saturated carbocycles. The lowest BCUT2D eigenvalue weighted by Crippen LogP contribution is -2.24. The van der Waals surface area contributed by atoms with E-state index in [-0.39, 0.29) is 18.5 Å². The van der Waals surface area contributed by atoms with Crippen LogP contribution in [0.5, 0.6) is 0 Å². The Balaban J connectivity index is 0.000000164. The van der Waals surface area contributed by atoms with Gasteiger partial charge in [0.2, 0.25) is 0 Å². The van der Waals surface area contributed by atoms with E-state index in [1.807, 2.05) is 201 Å². The van der Waals surface area contributed by atoms with Crippen molar-refractivity contribution in [2.24, 2.45) is 0 Å². The van der Waals surface area contributed by atoms with Crippen LogP contribution in [0.1, 0.15) is 82.5 Å². The van der Waals surface area contributed by atoms with Gasteiger partial charge in [-0.25, -0.2) is 0 Å². The Hall–Kier alpha value is -9.59. The fraction of sp³-hybridized carbons (Fsp3) is 0.133. The lowest BCUT2D eigenvalue weighted by atomic mass is 9.88. The van der Waals surface area contributed by atoms with Crippen LogP contribution >= 0.6 is 80.6 Å². The highest BCUT2D eigenvalue weighted by atomic mass is 127. The molecule has 0 heterocycles. The first-order valence-corrected chi connectivity index (χ1v) is 38.4. The quantitative estimate of drug-likeness (QED) is 0.0722. The third kappa shape index (κ3) is 26.3. The summed E-state index contributed by atoms with van der Waals surface area (Å²) in [5, 5.41) is 49.8. The number of benzene rings is 14. The van der Waals surface area contributed by atoms with E-state index in [1.54, 1.807) is 45.0 Å². The zero-order valence-corrected chi connectivity index (χ0v) is 67.6. The maximum atomic E-state index is 10.6. The molecule has 0 aliphatic heterocycles. The number of aryl methyl sites for hydroxylation is 3. The van der Waals surface area contributed by atoms with Crippen LogP contribution in [-0.2, 0) is 24.1 Å². The third-order valence-electron chi connectivity index (χ3n) is 17.3. The van der Waals surface area contributed by atoms with Crippen molar-refractivity contribution in [1.82, 2.24) is 0 Å². The number of rotatable bonds is 12. The predicted octanol–water partition coefficient (Wildman–Crippen LogP) is 26.1. The smallest absolute Gasteiger partial charge is 0.134 e. The van der Waals surface area contributed by atoms with Gasteiger partial charge in [0, 0.05) is 58.2 Å². The maximum absolute atomic E-state index is 10.6. The van der Waals surface area contributed by atoms with Gasteiger partial charge in [0.1, 0.15) is 17.5 Å². The molecule has 0 spiro atoms. The van der Waals surface area contributed by atoms with Crippen LogP contribution in [0.15, 0.2) is 310 Å². The van der Waals surface area contributed by atoms with Gasteiger partial charge >= 0.3 is 0 Å². The summed E-state index contributed by atoms with van der Waals surface area (Å²) in [5.41, 5.74) is 16.3. The highest BCUT2D eigenvalue weighted by Crippen LogP contribution is 2.40. The molecule has 14 aromatic carbocycles. The fourth-order valence-corrected chi connectivity index (χ4v) is 13.6. The van der Waals surface area contributed by atoms with E-state index in [9.17, 15) is 20.1 Å². The molecule has 3 atom stereocenters. The van der Waals surface area contributed by atoms with Gasteiger partial charge in [-0.05, 0) is 260 Å². The maximum Gasteiger partial charge on any atom is 0.134 e. The Morgan fingerprint density at radius 3 is 1.27 bits per heavy atom. The first-order chi connectivity index (χ1) is 52.4. The van der Waals surface area contributed by atoms with Gasteiger partial charge in [0.25, 0.3) is 0 Å². The Morgan fingerprint density at radius 1 is 0.486 bits per heavy atom. The summed E-state index contributed by atoms with van der Waals surface area (Å²) < 4.78 is 1.30. The van der Waals surface area contributed by atoms with Crippen molar-refractivity contribution in [1.29, 1.82) is 0 Å². The average molecular weight is 1650 g/mol. The van der Waals surface area contributed by atoms with E-state index in [4.69, 9.17) is 69.5 Å². The first-order valence-electron chi connectivity index (χ1n) is 35.4. The van der Waals surface area contributed by atoms with Gasteiger partial charge in [0.05, 0.1) is 12.7 Å². The molecule has 14 aromatic rings. The monoisotopic (exact) mass is 1640 g/mol. The van der Waals surface area contributed by atoms with Crippen molar-refractivity contribution in [2.45, 2.75) is 78.6 Å².